The van der Waals surface area contributed by atoms with Crippen LogP contribution in [0, 0.1) is 11.7 Å². The number of benzene rings is 2. The van der Waals surface area contributed by atoms with Gasteiger partial charge in [-0.3, -0.25) is 9.59 Å². The van der Waals surface area contributed by atoms with Gasteiger partial charge in [-0.2, -0.15) is 0 Å². The Labute approximate surface area is 146 Å². The summed E-state index contributed by atoms with van der Waals surface area (Å²) in [5.74, 6) is -0.650. The molecule has 1 atom stereocenters. The third-order valence-electron chi connectivity index (χ3n) is 4.49. The molecule has 130 valence electrons. The molecule has 2 aromatic rings. The molecule has 2 amide bonds. The number of hydrogen-bond acceptors (Lipinski definition) is 2. The largest absolute Gasteiger partial charge is 0.341 e. The van der Waals surface area contributed by atoms with Crippen LogP contribution in [0.2, 0.25) is 0 Å². The molecule has 1 aliphatic rings. The van der Waals surface area contributed by atoms with Gasteiger partial charge in [0.05, 0.1) is 5.92 Å². The average molecular weight is 340 g/mol. The number of carbonyl (C=O) groups is 2. The Kier molecular flexibility index (Phi) is 5.12. The van der Waals surface area contributed by atoms with E-state index in [-0.39, 0.29) is 30.0 Å². The minimum absolute atomic E-state index is 0.0115. The maximum atomic E-state index is 13.0. The van der Waals surface area contributed by atoms with Crippen LogP contribution in [0.1, 0.15) is 17.5 Å². The van der Waals surface area contributed by atoms with Crippen molar-refractivity contribution in [2.75, 3.05) is 13.6 Å². The Bertz CT molecular complexity index is 746. The zero-order chi connectivity index (χ0) is 17.8. The molecule has 1 unspecified atom stereocenters. The van der Waals surface area contributed by atoms with Gasteiger partial charge in [-0.15, -0.1) is 0 Å². The van der Waals surface area contributed by atoms with Gasteiger partial charge in [-0.1, -0.05) is 42.5 Å². The fourth-order valence-electron chi connectivity index (χ4n) is 3.15. The predicted octanol–water partition coefficient (Wildman–Crippen LogP) is 2.83. The number of likely N-dealkylation sites (tertiary alicyclic amines) is 1. The van der Waals surface area contributed by atoms with Crippen molar-refractivity contribution in [2.45, 2.75) is 19.5 Å². The van der Waals surface area contributed by atoms with Crippen LogP contribution in [-0.4, -0.2) is 35.2 Å². The zero-order valence-corrected chi connectivity index (χ0v) is 14.2. The summed E-state index contributed by atoms with van der Waals surface area (Å²) in [7, 11) is 1.72. The fraction of sp³-hybridized carbons (Fsp3) is 0.300. The number of halogens is 1. The highest BCUT2D eigenvalue weighted by molar-refractivity contribution is 5.89. The first kappa shape index (κ1) is 17.1. The van der Waals surface area contributed by atoms with Crippen LogP contribution in [-0.2, 0) is 22.7 Å². The molecular formula is C20H21FN2O2. The summed E-state index contributed by atoms with van der Waals surface area (Å²) < 4.78 is 13.0. The van der Waals surface area contributed by atoms with E-state index in [1.54, 1.807) is 29.0 Å². The fourth-order valence-corrected chi connectivity index (χ4v) is 3.15. The van der Waals surface area contributed by atoms with Crippen LogP contribution in [0.4, 0.5) is 4.39 Å². The molecule has 0 radical (unpaired) electrons. The lowest BCUT2D eigenvalue weighted by Gasteiger charge is -2.21. The summed E-state index contributed by atoms with van der Waals surface area (Å²) in [5, 5.41) is 0. The Morgan fingerprint density at radius 2 is 1.80 bits per heavy atom. The van der Waals surface area contributed by atoms with Crippen LogP contribution in [0.15, 0.2) is 54.6 Å². The summed E-state index contributed by atoms with van der Waals surface area (Å²) in [4.78, 5) is 28.2. The highest BCUT2D eigenvalue weighted by Gasteiger charge is 2.35. The van der Waals surface area contributed by atoms with Gasteiger partial charge >= 0.3 is 0 Å². The molecule has 4 nitrogen and oxygen atoms in total. The van der Waals surface area contributed by atoms with E-state index in [9.17, 15) is 14.0 Å². The minimum atomic E-state index is -0.318. The van der Waals surface area contributed by atoms with Crippen molar-refractivity contribution in [3.05, 3.63) is 71.5 Å². The van der Waals surface area contributed by atoms with Crippen molar-refractivity contribution in [3.8, 4) is 0 Å². The van der Waals surface area contributed by atoms with E-state index in [4.69, 9.17) is 0 Å². The molecule has 25 heavy (non-hydrogen) atoms. The number of hydrogen-bond donors (Lipinski definition) is 0. The van der Waals surface area contributed by atoms with Gasteiger partial charge in [-0.05, 0) is 23.3 Å². The third kappa shape index (κ3) is 4.24. The van der Waals surface area contributed by atoms with Crippen molar-refractivity contribution < 1.29 is 14.0 Å². The van der Waals surface area contributed by atoms with Crippen LogP contribution in [0.5, 0.6) is 0 Å². The number of nitrogens with zero attached hydrogens (tertiary/aromatic N) is 2. The van der Waals surface area contributed by atoms with Crippen molar-refractivity contribution in [2.24, 2.45) is 5.92 Å². The van der Waals surface area contributed by atoms with Gasteiger partial charge < -0.3 is 9.80 Å². The minimum Gasteiger partial charge on any atom is -0.341 e. The topological polar surface area (TPSA) is 40.6 Å². The molecule has 3 rings (SSSR count). The smallest absolute Gasteiger partial charge is 0.228 e. The van der Waals surface area contributed by atoms with Crippen molar-refractivity contribution in [1.82, 2.24) is 9.80 Å². The van der Waals surface area contributed by atoms with Crippen LogP contribution >= 0.6 is 0 Å². The van der Waals surface area contributed by atoms with Gasteiger partial charge in [-0.25, -0.2) is 4.39 Å². The maximum absolute atomic E-state index is 13.0. The predicted molar refractivity (Wildman–Crippen MR) is 92.8 cm³/mol. The van der Waals surface area contributed by atoms with Gasteiger partial charge in [0.15, 0.2) is 0 Å². The standard InChI is InChI=1S/C20H21FN2O2/c1-22(12-16-7-9-18(21)10-8-16)20(25)17-11-19(24)23(14-17)13-15-5-3-2-4-6-15/h2-10,17H,11-14H2,1H3. The van der Waals surface area contributed by atoms with E-state index in [0.717, 1.165) is 11.1 Å². The second-order valence-corrected chi connectivity index (χ2v) is 6.48. The van der Waals surface area contributed by atoms with E-state index >= 15 is 0 Å². The Hall–Kier alpha value is -2.69. The molecule has 0 aromatic heterocycles. The zero-order valence-electron chi connectivity index (χ0n) is 14.2. The summed E-state index contributed by atoms with van der Waals surface area (Å²) in [5.41, 5.74) is 1.92. The quantitative estimate of drug-likeness (QED) is 0.840. The van der Waals surface area contributed by atoms with Gasteiger partial charge in [0.1, 0.15) is 5.82 Å². The maximum Gasteiger partial charge on any atom is 0.228 e. The Morgan fingerprint density at radius 3 is 2.48 bits per heavy atom. The second kappa shape index (κ2) is 7.47. The van der Waals surface area contributed by atoms with E-state index in [2.05, 4.69) is 0 Å². The molecule has 0 spiro atoms. The first-order valence-electron chi connectivity index (χ1n) is 8.34. The van der Waals surface area contributed by atoms with Gasteiger partial charge in [0.25, 0.3) is 0 Å². The normalized spacial score (nSPS) is 17.0. The van der Waals surface area contributed by atoms with Crippen molar-refractivity contribution in [1.29, 1.82) is 0 Å². The highest BCUT2D eigenvalue weighted by Crippen LogP contribution is 2.22. The Balaban J connectivity index is 1.59. The van der Waals surface area contributed by atoms with Crippen LogP contribution in [0.3, 0.4) is 0 Å². The summed E-state index contributed by atoms with van der Waals surface area (Å²) >= 11 is 0. The van der Waals surface area contributed by atoms with Crippen molar-refractivity contribution >= 4 is 11.8 Å². The molecule has 0 N–H and O–H groups in total. The molecule has 1 saturated heterocycles. The van der Waals surface area contributed by atoms with Gasteiger partial charge in [0.2, 0.25) is 11.8 Å². The first-order chi connectivity index (χ1) is 12.0. The van der Waals surface area contributed by atoms with E-state index in [1.807, 2.05) is 30.3 Å². The summed E-state index contributed by atoms with van der Waals surface area (Å²) in [6, 6.07) is 15.9. The molecule has 1 fully saturated rings. The average Bonchev–Trinajstić information content (AvgIpc) is 2.98. The van der Waals surface area contributed by atoms with Crippen molar-refractivity contribution in [3.63, 3.8) is 0 Å². The molecule has 1 heterocycles. The number of amides is 2. The highest BCUT2D eigenvalue weighted by atomic mass is 19.1. The van der Waals surface area contributed by atoms with E-state index < -0.39 is 0 Å². The number of carbonyl (C=O) groups excluding carboxylic acids is 2. The SMILES string of the molecule is CN(Cc1ccc(F)cc1)C(=O)C1CC(=O)N(Cc2ccccc2)C1. The molecule has 2 aromatic carbocycles. The number of rotatable bonds is 5. The second-order valence-electron chi connectivity index (χ2n) is 6.48. The Morgan fingerprint density at radius 1 is 1.12 bits per heavy atom. The third-order valence-corrected chi connectivity index (χ3v) is 4.49. The molecule has 0 bridgehead atoms. The molecule has 0 saturated carbocycles. The molecular weight excluding hydrogens is 319 g/mol. The van der Waals surface area contributed by atoms with Crippen LogP contribution < -0.4 is 0 Å². The van der Waals surface area contributed by atoms with E-state index in [0.29, 0.717) is 19.6 Å². The monoisotopic (exact) mass is 340 g/mol. The molecule has 0 aliphatic carbocycles. The molecule has 5 heteroatoms. The lowest BCUT2D eigenvalue weighted by Crippen LogP contribution is -2.34. The van der Waals surface area contributed by atoms with Crippen LogP contribution in [0.25, 0.3) is 0 Å². The summed E-state index contributed by atoms with van der Waals surface area (Å²) in [6.07, 6.45) is 0.249. The summed E-state index contributed by atoms with van der Waals surface area (Å²) in [6.45, 7) is 1.38. The lowest BCUT2D eigenvalue weighted by molar-refractivity contribution is -0.135. The lowest BCUT2D eigenvalue weighted by atomic mass is 10.1. The van der Waals surface area contributed by atoms with E-state index in [1.165, 1.54) is 12.1 Å². The van der Waals surface area contributed by atoms with Gasteiger partial charge in [0, 0.05) is 33.1 Å². The first-order valence-corrected chi connectivity index (χ1v) is 8.34. The molecule has 1 aliphatic heterocycles.